The fourth-order valence-electron chi connectivity index (χ4n) is 3.71. The molecule has 1 aromatic heterocycles. The Bertz CT molecular complexity index is 1290. The van der Waals surface area contributed by atoms with E-state index in [2.05, 4.69) is 0 Å². The number of hydrogen-bond acceptors (Lipinski definition) is 5. The van der Waals surface area contributed by atoms with E-state index in [-0.39, 0.29) is 5.56 Å². The van der Waals surface area contributed by atoms with Gasteiger partial charge in [0, 0.05) is 16.5 Å². The van der Waals surface area contributed by atoms with E-state index in [4.69, 9.17) is 14.5 Å². The van der Waals surface area contributed by atoms with Crippen LogP contribution in [0.4, 0.5) is 0 Å². The maximum atomic E-state index is 12.0. The molecule has 0 atom stereocenters. The first-order valence-electron chi connectivity index (χ1n) is 9.89. The molecule has 0 aliphatic carbocycles. The molecule has 0 saturated carbocycles. The summed E-state index contributed by atoms with van der Waals surface area (Å²) in [5.74, 6) is 0.501. The summed E-state index contributed by atoms with van der Waals surface area (Å²) in [4.78, 5) is 16.8. The van der Waals surface area contributed by atoms with E-state index in [1.807, 2.05) is 66.9 Å². The van der Waals surface area contributed by atoms with Crippen molar-refractivity contribution in [2.45, 2.75) is 6.92 Å². The molecule has 0 unspecified atom stereocenters. The van der Waals surface area contributed by atoms with Gasteiger partial charge >= 0.3 is 5.97 Å². The molecule has 3 aromatic carbocycles. The number of carbonyl (C=O) groups is 1. The minimum absolute atomic E-state index is 0.267. The zero-order valence-corrected chi connectivity index (χ0v) is 17.6. The second-order valence-electron chi connectivity index (χ2n) is 7.28. The smallest absolute Gasteiger partial charge is 0.336 e. The van der Waals surface area contributed by atoms with Gasteiger partial charge in [-0.25, -0.2) is 9.78 Å². The van der Waals surface area contributed by atoms with Gasteiger partial charge in [-0.1, -0.05) is 36.4 Å². The molecule has 0 saturated heterocycles. The summed E-state index contributed by atoms with van der Waals surface area (Å²) in [6.45, 7) is 3.07. The number of rotatable bonds is 4. The fourth-order valence-corrected chi connectivity index (χ4v) is 4.53. The summed E-state index contributed by atoms with van der Waals surface area (Å²) < 4.78 is 11.3. The lowest BCUT2D eigenvalue weighted by Crippen LogP contribution is -2.15. The number of fused-ring (bicyclic) bond motifs is 1. The van der Waals surface area contributed by atoms with Gasteiger partial charge in [0.05, 0.1) is 11.3 Å². The summed E-state index contributed by atoms with van der Waals surface area (Å²) in [5.41, 5.74) is 5.46. The number of benzene rings is 3. The van der Waals surface area contributed by atoms with Gasteiger partial charge in [-0.2, -0.15) is 0 Å². The Hall–Kier alpha value is -3.64. The van der Waals surface area contributed by atoms with Crippen molar-refractivity contribution in [2.24, 2.45) is 0 Å². The van der Waals surface area contributed by atoms with Gasteiger partial charge in [0.1, 0.15) is 18.2 Å². The molecule has 0 radical (unpaired) electrons. The molecule has 5 rings (SSSR count). The molecular formula is C25H19NO4S. The number of nitrogens with zero attached hydrogens (tertiary/aromatic N) is 1. The van der Waals surface area contributed by atoms with E-state index in [0.717, 1.165) is 38.7 Å². The highest BCUT2D eigenvalue weighted by atomic mass is 32.1. The molecule has 6 heteroatoms. The quantitative estimate of drug-likeness (QED) is 0.436. The van der Waals surface area contributed by atoms with E-state index in [0.29, 0.717) is 24.5 Å². The van der Waals surface area contributed by atoms with Crippen molar-refractivity contribution in [3.63, 3.8) is 0 Å². The van der Waals surface area contributed by atoms with Crippen molar-refractivity contribution >= 4 is 17.3 Å². The molecule has 2 heterocycles. The Morgan fingerprint density at radius 1 is 0.935 bits per heavy atom. The lowest BCUT2D eigenvalue weighted by molar-refractivity contribution is 0.0698. The first-order chi connectivity index (χ1) is 15.1. The zero-order chi connectivity index (χ0) is 21.4. The highest BCUT2D eigenvalue weighted by Crippen LogP contribution is 2.37. The van der Waals surface area contributed by atoms with Crippen LogP contribution in [0.5, 0.6) is 11.5 Å². The highest BCUT2D eigenvalue weighted by Gasteiger charge is 2.17. The third kappa shape index (κ3) is 3.66. The molecule has 1 aliphatic rings. The zero-order valence-electron chi connectivity index (χ0n) is 16.8. The van der Waals surface area contributed by atoms with Crippen molar-refractivity contribution in [1.29, 1.82) is 0 Å². The van der Waals surface area contributed by atoms with Gasteiger partial charge in [0.2, 0.25) is 0 Å². The normalized spacial score (nSPS) is 12.5. The minimum Gasteiger partial charge on any atom is -0.486 e. The van der Waals surface area contributed by atoms with Crippen LogP contribution in [0.1, 0.15) is 15.9 Å². The molecule has 1 aliphatic heterocycles. The minimum atomic E-state index is -0.955. The average Bonchev–Trinajstić information content (AvgIpc) is 3.29. The number of ether oxygens (including phenoxy) is 2. The van der Waals surface area contributed by atoms with Gasteiger partial charge in [-0.05, 0) is 47.9 Å². The van der Waals surface area contributed by atoms with Crippen molar-refractivity contribution in [3.05, 3.63) is 77.2 Å². The standard InChI is InChI=1S/C25H19NO4S/c1-15-4-2-3-5-18(15)19-8-6-17(12-20(19)25(27)28)24-26-21(14-31-24)16-7-9-22-23(13-16)30-11-10-29-22/h2-9,12-14H,10-11H2,1H3,(H,27,28). The van der Waals surface area contributed by atoms with Crippen LogP contribution >= 0.6 is 11.3 Å². The second-order valence-corrected chi connectivity index (χ2v) is 8.13. The Balaban J connectivity index is 1.52. The molecule has 0 spiro atoms. The molecule has 5 nitrogen and oxygen atoms in total. The predicted molar refractivity (Wildman–Crippen MR) is 121 cm³/mol. The van der Waals surface area contributed by atoms with Crippen molar-refractivity contribution in [1.82, 2.24) is 4.98 Å². The van der Waals surface area contributed by atoms with Gasteiger partial charge in [-0.15, -0.1) is 11.3 Å². The maximum Gasteiger partial charge on any atom is 0.336 e. The van der Waals surface area contributed by atoms with Crippen LogP contribution in [0, 0.1) is 6.92 Å². The molecule has 0 fully saturated rings. The summed E-state index contributed by atoms with van der Waals surface area (Å²) in [6, 6.07) is 19.1. The monoisotopic (exact) mass is 429 g/mol. The molecular weight excluding hydrogens is 410 g/mol. The number of carboxylic acids is 1. The lowest BCUT2D eigenvalue weighted by Gasteiger charge is -2.18. The summed E-state index contributed by atoms with van der Waals surface area (Å²) in [7, 11) is 0. The number of thiazole rings is 1. The first kappa shape index (κ1) is 19.3. The maximum absolute atomic E-state index is 12.0. The van der Waals surface area contributed by atoms with Crippen LogP contribution < -0.4 is 9.47 Å². The topological polar surface area (TPSA) is 68.7 Å². The van der Waals surface area contributed by atoms with Crippen LogP contribution in [0.3, 0.4) is 0 Å². The predicted octanol–water partition coefficient (Wildman–Crippen LogP) is 5.92. The molecule has 31 heavy (non-hydrogen) atoms. The Kier molecular flexibility index (Phi) is 4.92. The molecule has 0 amide bonds. The third-order valence-electron chi connectivity index (χ3n) is 5.27. The SMILES string of the molecule is Cc1ccccc1-c1ccc(-c2nc(-c3ccc4c(c3)OCCO4)cs2)cc1C(=O)O. The number of hydrogen-bond donors (Lipinski definition) is 1. The van der Waals surface area contributed by atoms with E-state index in [1.54, 1.807) is 6.07 Å². The highest BCUT2D eigenvalue weighted by molar-refractivity contribution is 7.13. The summed E-state index contributed by atoms with van der Waals surface area (Å²) >= 11 is 1.48. The first-order valence-corrected chi connectivity index (χ1v) is 10.8. The van der Waals surface area contributed by atoms with Gasteiger partial charge in [0.25, 0.3) is 0 Å². The number of aryl methyl sites for hydroxylation is 1. The number of carboxylic acid groups (broad SMARTS) is 1. The molecule has 1 N–H and O–H groups in total. The van der Waals surface area contributed by atoms with E-state index in [9.17, 15) is 9.90 Å². The van der Waals surface area contributed by atoms with E-state index in [1.165, 1.54) is 11.3 Å². The average molecular weight is 429 g/mol. The fraction of sp³-hybridized carbons (Fsp3) is 0.120. The van der Waals surface area contributed by atoms with Gasteiger partial charge in [0.15, 0.2) is 11.5 Å². The lowest BCUT2D eigenvalue weighted by atomic mass is 9.94. The Morgan fingerprint density at radius 2 is 1.71 bits per heavy atom. The number of aromatic carboxylic acids is 1. The van der Waals surface area contributed by atoms with Gasteiger partial charge in [-0.3, -0.25) is 0 Å². The van der Waals surface area contributed by atoms with Crippen molar-refractivity contribution in [2.75, 3.05) is 13.2 Å². The second kappa shape index (κ2) is 7.89. The van der Waals surface area contributed by atoms with Crippen molar-refractivity contribution in [3.8, 4) is 44.5 Å². The number of aromatic nitrogens is 1. The van der Waals surface area contributed by atoms with Crippen LogP contribution in [-0.4, -0.2) is 29.3 Å². The van der Waals surface area contributed by atoms with E-state index < -0.39 is 5.97 Å². The molecule has 0 bridgehead atoms. The van der Waals surface area contributed by atoms with Crippen molar-refractivity contribution < 1.29 is 19.4 Å². The van der Waals surface area contributed by atoms with Gasteiger partial charge < -0.3 is 14.6 Å². The third-order valence-corrected chi connectivity index (χ3v) is 6.17. The Labute approximate surface area is 183 Å². The van der Waals surface area contributed by atoms with Crippen LogP contribution in [0.25, 0.3) is 33.0 Å². The molecule has 4 aromatic rings. The van der Waals surface area contributed by atoms with E-state index >= 15 is 0 Å². The van der Waals surface area contributed by atoms with Crippen LogP contribution in [0.15, 0.2) is 66.0 Å². The van der Waals surface area contributed by atoms with Crippen LogP contribution in [0.2, 0.25) is 0 Å². The summed E-state index contributed by atoms with van der Waals surface area (Å²) in [6.07, 6.45) is 0. The largest absolute Gasteiger partial charge is 0.486 e. The van der Waals surface area contributed by atoms with Crippen LogP contribution in [-0.2, 0) is 0 Å². The molecule has 154 valence electrons. The Morgan fingerprint density at radius 3 is 2.52 bits per heavy atom. The summed E-state index contributed by atoms with van der Waals surface area (Å²) in [5, 5.41) is 12.6.